The number of ether oxygens (including phenoxy) is 2. The van der Waals surface area contributed by atoms with E-state index in [2.05, 4.69) is 10.3 Å². The maximum atomic E-state index is 6.15. The first-order chi connectivity index (χ1) is 12.2. The number of guanidine groups is 1. The van der Waals surface area contributed by atoms with E-state index < -0.39 is 0 Å². The molecule has 138 valence electrons. The summed E-state index contributed by atoms with van der Waals surface area (Å²) < 4.78 is 11.6. The number of benzene rings is 1. The monoisotopic (exact) mass is 345 g/mol. The van der Waals surface area contributed by atoms with Gasteiger partial charge >= 0.3 is 0 Å². The Morgan fingerprint density at radius 3 is 2.52 bits per heavy atom. The molecule has 0 radical (unpaired) electrons. The number of methoxy groups -OCH3 is 1. The molecule has 2 aliphatic carbocycles. The minimum atomic E-state index is 0.311. The zero-order chi connectivity index (χ0) is 17.5. The van der Waals surface area contributed by atoms with Gasteiger partial charge < -0.3 is 20.5 Å². The molecular formula is C20H31N3O2. The molecule has 5 nitrogen and oxygen atoms in total. The standard InChI is InChI=1S/C20H31N3O2/c1-24-18-12-11-15(13-19(18)25-17-9-5-6-10-17)14-22-20(21)23-16-7-3-2-4-8-16/h11-13,16-17H,2-10,14H2,1H3,(H3,21,22,23). The van der Waals surface area contributed by atoms with Gasteiger partial charge in [-0.1, -0.05) is 25.3 Å². The highest BCUT2D eigenvalue weighted by Crippen LogP contribution is 2.32. The van der Waals surface area contributed by atoms with Gasteiger partial charge in [-0.15, -0.1) is 0 Å². The molecule has 3 N–H and O–H groups in total. The first kappa shape index (κ1) is 17.9. The summed E-state index contributed by atoms with van der Waals surface area (Å²) in [5.41, 5.74) is 7.15. The van der Waals surface area contributed by atoms with E-state index in [0.717, 1.165) is 29.9 Å². The average molecular weight is 345 g/mol. The lowest BCUT2D eigenvalue weighted by atomic mass is 9.96. The summed E-state index contributed by atoms with van der Waals surface area (Å²) in [6.45, 7) is 0.552. The van der Waals surface area contributed by atoms with Crippen LogP contribution in [0, 0.1) is 0 Å². The molecule has 25 heavy (non-hydrogen) atoms. The molecule has 0 unspecified atom stereocenters. The Morgan fingerprint density at radius 1 is 1.08 bits per heavy atom. The summed E-state index contributed by atoms with van der Waals surface area (Å²) in [4.78, 5) is 4.50. The second kappa shape index (κ2) is 8.97. The van der Waals surface area contributed by atoms with Gasteiger partial charge in [-0.25, -0.2) is 4.99 Å². The molecule has 0 bridgehead atoms. The maximum absolute atomic E-state index is 6.15. The first-order valence-corrected chi connectivity index (χ1v) is 9.64. The molecular weight excluding hydrogens is 314 g/mol. The molecule has 0 heterocycles. The number of nitrogens with one attached hydrogen (secondary N) is 1. The summed E-state index contributed by atoms with van der Waals surface area (Å²) >= 11 is 0. The topological polar surface area (TPSA) is 68.9 Å². The van der Waals surface area contributed by atoms with Crippen LogP contribution >= 0.6 is 0 Å². The molecule has 5 heteroatoms. The largest absolute Gasteiger partial charge is 0.493 e. The normalized spacial score (nSPS) is 19.8. The molecule has 2 aliphatic rings. The predicted octanol–water partition coefficient (Wildman–Crippen LogP) is 3.75. The Bertz CT molecular complexity index is 576. The van der Waals surface area contributed by atoms with E-state index >= 15 is 0 Å². The van der Waals surface area contributed by atoms with Crippen LogP contribution in [0.4, 0.5) is 0 Å². The Morgan fingerprint density at radius 2 is 1.80 bits per heavy atom. The Kier molecular flexibility index (Phi) is 6.42. The van der Waals surface area contributed by atoms with Gasteiger partial charge in [0.1, 0.15) is 0 Å². The molecule has 0 saturated heterocycles. The van der Waals surface area contributed by atoms with Crippen LogP contribution in [0.2, 0.25) is 0 Å². The zero-order valence-corrected chi connectivity index (χ0v) is 15.3. The van der Waals surface area contributed by atoms with Crippen molar-refractivity contribution in [2.75, 3.05) is 7.11 Å². The van der Waals surface area contributed by atoms with Crippen molar-refractivity contribution in [1.29, 1.82) is 0 Å². The van der Waals surface area contributed by atoms with E-state index in [1.54, 1.807) is 7.11 Å². The lowest BCUT2D eigenvalue weighted by molar-refractivity contribution is 0.200. The molecule has 1 aromatic carbocycles. The summed E-state index contributed by atoms with van der Waals surface area (Å²) in [5.74, 6) is 2.15. The molecule has 3 rings (SSSR count). The van der Waals surface area contributed by atoms with Crippen LogP contribution < -0.4 is 20.5 Å². The highest BCUT2D eigenvalue weighted by atomic mass is 16.5. The Hall–Kier alpha value is -1.91. The highest BCUT2D eigenvalue weighted by molar-refractivity contribution is 5.78. The SMILES string of the molecule is COc1ccc(CN=C(N)NC2CCCCC2)cc1OC1CCCC1. The van der Waals surface area contributed by atoms with Gasteiger partial charge in [0.15, 0.2) is 17.5 Å². The van der Waals surface area contributed by atoms with Crippen LogP contribution in [0.15, 0.2) is 23.2 Å². The summed E-state index contributed by atoms with van der Waals surface area (Å²) in [5, 5.41) is 3.36. The molecule has 2 saturated carbocycles. The van der Waals surface area contributed by atoms with Gasteiger partial charge in [-0.05, 0) is 56.2 Å². The van der Waals surface area contributed by atoms with Crippen LogP contribution in [-0.4, -0.2) is 25.2 Å². The highest BCUT2D eigenvalue weighted by Gasteiger charge is 2.18. The van der Waals surface area contributed by atoms with Gasteiger partial charge in [-0.2, -0.15) is 0 Å². The predicted molar refractivity (Wildman–Crippen MR) is 101 cm³/mol. The van der Waals surface area contributed by atoms with Crippen LogP contribution in [0.25, 0.3) is 0 Å². The molecule has 0 atom stereocenters. The van der Waals surface area contributed by atoms with Crippen molar-refractivity contribution in [2.45, 2.75) is 76.5 Å². The number of hydrogen-bond acceptors (Lipinski definition) is 3. The lowest BCUT2D eigenvalue weighted by Gasteiger charge is -2.23. The minimum Gasteiger partial charge on any atom is -0.493 e. The van der Waals surface area contributed by atoms with Crippen molar-refractivity contribution >= 4 is 5.96 Å². The van der Waals surface area contributed by atoms with Gasteiger partial charge in [0.2, 0.25) is 0 Å². The quantitative estimate of drug-likeness (QED) is 0.608. The summed E-state index contributed by atoms with van der Waals surface area (Å²) in [6.07, 6.45) is 11.4. The second-order valence-corrected chi connectivity index (χ2v) is 7.19. The van der Waals surface area contributed by atoms with Crippen molar-refractivity contribution in [3.05, 3.63) is 23.8 Å². The third-order valence-corrected chi connectivity index (χ3v) is 5.21. The van der Waals surface area contributed by atoms with Crippen LogP contribution in [0.3, 0.4) is 0 Å². The van der Waals surface area contributed by atoms with Crippen molar-refractivity contribution < 1.29 is 9.47 Å². The Balaban J connectivity index is 1.59. The van der Waals surface area contributed by atoms with Crippen molar-refractivity contribution in [1.82, 2.24) is 5.32 Å². The molecule has 0 amide bonds. The first-order valence-electron chi connectivity index (χ1n) is 9.64. The number of nitrogens with two attached hydrogens (primary N) is 1. The summed E-state index contributed by atoms with van der Waals surface area (Å²) in [6, 6.07) is 6.50. The van der Waals surface area contributed by atoms with Gasteiger partial charge in [0.25, 0.3) is 0 Å². The van der Waals surface area contributed by atoms with E-state index in [-0.39, 0.29) is 0 Å². The second-order valence-electron chi connectivity index (χ2n) is 7.19. The summed E-state index contributed by atoms with van der Waals surface area (Å²) in [7, 11) is 1.68. The molecule has 2 fully saturated rings. The van der Waals surface area contributed by atoms with Gasteiger partial charge in [-0.3, -0.25) is 0 Å². The van der Waals surface area contributed by atoms with Crippen LogP contribution in [-0.2, 0) is 6.54 Å². The number of rotatable bonds is 6. The fraction of sp³-hybridized carbons (Fsp3) is 0.650. The van der Waals surface area contributed by atoms with E-state index in [1.165, 1.54) is 44.9 Å². The molecule has 0 spiro atoms. The zero-order valence-electron chi connectivity index (χ0n) is 15.3. The minimum absolute atomic E-state index is 0.311. The third kappa shape index (κ3) is 5.28. The van der Waals surface area contributed by atoms with Crippen LogP contribution in [0.1, 0.15) is 63.4 Å². The van der Waals surface area contributed by atoms with Gasteiger partial charge in [0, 0.05) is 6.04 Å². The molecule has 0 aromatic heterocycles. The lowest BCUT2D eigenvalue weighted by Crippen LogP contribution is -2.41. The number of nitrogens with zero attached hydrogens (tertiary/aromatic N) is 1. The van der Waals surface area contributed by atoms with E-state index in [1.807, 2.05) is 18.2 Å². The third-order valence-electron chi connectivity index (χ3n) is 5.21. The van der Waals surface area contributed by atoms with Crippen molar-refractivity contribution in [3.8, 4) is 11.5 Å². The van der Waals surface area contributed by atoms with E-state index in [9.17, 15) is 0 Å². The number of hydrogen-bond donors (Lipinski definition) is 2. The molecule has 0 aliphatic heterocycles. The van der Waals surface area contributed by atoms with Gasteiger partial charge in [0.05, 0.1) is 19.8 Å². The smallest absolute Gasteiger partial charge is 0.189 e. The Labute approximate surface area is 151 Å². The number of aliphatic imine (C=N–C) groups is 1. The maximum Gasteiger partial charge on any atom is 0.189 e. The fourth-order valence-corrected chi connectivity index (χ4v) is 3.78. The van der Waals surface area contributed by atoms with E-state index in [4.69, 9.17) is 15.2 Å². The van der Waals surface area contributed by atoms with Crippen LogP contribution in [0.5, 0.6) is 11.5 Å². The van der Waals surface area contributed by atoms with Crippen molar-refractivity contribution in [2.24, 2.45) is 10.7 Å². The fourth-order valence-electron chi connectivity index (χ4n) is 3.78. The average Bonchev–Trinajstić information content (AvgIpc) is 3.14. The van der Waals surface area contributed by atoms with Crippen molar-refractivity contribution in [3.63, 3.8) is 0 Å². The molecule has 1 aromatic rings. The van der Waals surface area contributed by atoms with E-state index in [0.29, 0.717) is 24.7 Å².